The summed E-state index contributed by atoms with van der Waals surface area (Å²) in [6.07, 6.45) is 0.204. The van der Waals surface area contributed by atoms with E-state index in [0.717, 1.165) is 5.56 Å². The minimum absolute atomic E-state index is 0.0280. The van der Waals surface area contributed by atoms with Gasteiger partial charge in [-0.1, -0.05) is 37.3 Å². The van der Waals surface area contributed by atoms with Gasteiger partial charge in [0.05, 0.1) is 16.8 Å². The Morgan fingerprint density at radius 3 is 2.40 bits per heavy atom. The van der Waals surface area contributed by atoms with Crippen molar-refractivity contribution in [3.05, 3.63) is 35.9 Å². The van der Waals surface area contributed by atoms with Crippen LogP contribution in [0.4, 0.5) is 0 Å². The molecule has 1 heterocycles. The van der Waals surface area contributed by atoms with E-state index in [1.54, 1.807) is 6.92 Å². The van der Waals surface area contributed by atoms with Crippen molar-refractivity contribution in [1.29, 1.82) is 0 Å². The molecule has 5 nitrogen and oxygen atoms in total. The van der Waals surface area contributed by atoms with Crippen LogP contribution in [-0.2, 0) is 26.4 Å². The fraction of sp³-hybridized carbons (Fsp3) is 0.538. The fourth-order valence-corrected chi connectivity index (χ4v) is 6.90. The van der Waals surface area contributed by atoms with Gasteiger partial charge in [0.25, 0.3) is 0 Å². The molecular weight excluding hydrogens is 298 g/mol. The van der Waals surface area contributed by atoms with E-state index in [2.05, 4.69) is 0 Å². The third-order valence-electron chi connectivity index (χ3n) is 3.53. The molecule has 112 valence electrons. The zero-order valence-electron chi connectivity index (χ0n) is 11.4. The summed E-state index contributed by atoms with van der Waals surface area (Å²) in [5.41, 5.74) is 0.902. The van der Waals surface area contributed by atoms with Crippen molar-refractivity contribution < 1.29 is 16.8 Å². The smallest absolute Gasteiger partial charge is 0.218 e. The monoisotopic (exact) mass is 317 g/mol. The third-order valence-corrected chi connectivity index (χ3v) is 7.86. The Morgan fingerprint density at radius 1 is 1.25 bits per heavy atom. The number of sulfone groups is 1. The quantitative estimate of drug-likeness (QED) is 0.813. The van der Waals surface area contributed by atoms with E-state index in [9.17, 15) is 16.8 Å². The molecular formula is C13H19NO4S2. The minimum atomic E-state index is -3.57. The van der Waals surface area contributed by atoms with E-state index in [-0.39, 0.29) is 24.5 Å². The van der Waals surface area contributed by atoms with Gasteiger partial charge in [0.1, 0.15) is 0 Å². The zero-order valence-corrected chi connectivity index (χ0v) is 13.0. The molecule has 1 aliphatic rings. The maximum atomic E-state index is 12.5. The van der Waals surface area contributed by atoms with Gasteiger partial charge in [-0.15, -0.1) is 0 Å². The predicted octanol–water partition coefficient (Wildman–Crippen LogP) is 1.03. The molecule has 7 heteroatoms. The van der Waals surface area contributed by atoms with E-state index < -0.39 is 25.1 Å². The number of sulfonamides is 1. The molecule has 0 radical (unpaired) electrons. The second-order valence-corrected chi connectivity index (χ2v) is 9.42. The van der Waals surface area contributed by atoms with Gasteiger partial charge in [0.2, 0.25) is 10.0 Å². The van der Waals surface area contributed by atoms with Crippen LogP contribution in [0.1, 0.15) is 18.9 Å². The SMILES string of the molecule is CCN(Cc1ccccc1)S(=O)(=O)[C@@H]1CCS(=O)(=O)C1. The molecule has 0 saturated carbocycles. The first-order chi connectivity index (χ1) is 9.35. The molecule has 1 saturated heterocycles. The maximum absolute atomic E-state index is 12.5. The summed E-state index contributed by atoms with van der Waals surface area (Å²) in [6.45, 7) is 2.40. The van der Waals surface area contributed by atoms with Crippen molar-refractivity contribution in [2.24, 2.45) is 0 Å². The number of rotatable bonds is 5. The molecule has 0 bridgehead atoms. The first-order valence-corrected chi connectivity index (χ1v) is 9.91. The highest BCUT2D eigenvalue weighted by atomic mass is 32.2. The fourth-order valence-electron chi connectivity index (χ4n) is 2.38. The summed E-state index contributed by atoms with van der Waals surface area (Å²) >= 11 is 0. The lowest BCUT2D eigenvalue weighted by Crippen LogP contribution is -2.38. The van der Waals surface area contributed by atoms with Crippen molar-refractivity contribution in [3.8, 4) is 0 Å². The standard InChI is InChI=1S/C13H19NO4S2/c1-2-14(10-12-6-4-3-5-7-12)20(17,18)13-8-9-19(15,16)11-13/h3-7,13H,2,8-11H2,1H3/t13-/m1/s1. The molecule has 1 aliphatic heterocycles. The van der Waals surface area contributed by atoms with Crippen LogP contribution >= 0.6 is 0 Å². The highest BCUT2D eigenvalue weighted by Crippen LogP contribution is 2.23. The Kier molecular flexibility index (Phi) is 4.51. The average Bonchev–Trinajstić information content (AvgIpc) is 2.78. The summed E-state index contributed by atoms with van der Waals surface area (Å²) in [5, 5.41) is -0.795. The van der Waals surface area contributed by atoms with Crippen LogP contribution in [0, 0.1) is 0 Å². The Labute approximate surface area is 120 Å². The lowest BCUT2D eigenvalue weighted by atomic mass is 10.2. The van der Waals surface area contributed by atoms with Crippen molar-refractivity contribution >= 4 is 19.9 Å². The summed E-state index contributed by atoms with van der Waals surface area (Å²) in [5.74, 6) is -0.277. The van der Waals surface area contributed by atoms with E-state index in [0.29, 0.717) is 6.54 Å². The normalized spacial score (nSPS) is 22.2. The van der Waals surface area contributed by atoms with Crippen LogP contribution in [0.15, 0.2) is 30.3 Å². The molecule has 20 heavy (non-hydrogen) atoms. The molecule has 0 spiro atoms. The first-order valence-electron chi connectivity index (χ1n) is 6.58. The first kappa shape index (κ1) is 15.5. The lowest BCUT2D eigenvalue weighted by Gasteiger charge is -2.23. The van der Waals surface area contributed by atoms with Gasteiger partial charge in [-0.2, -0.15) is 4.31 Å². The van der Waals surface area contributed by atoms with Gasteiger partial charge < -0.3 is 0 Å². The van der Waals surface area contributed by atoms with Crippen LogP contribution in [0.3, 0.4) is 0 Å². The van der Waals surface area contributed by atoms with Crippen molar-refractivity contribution in [2.75, 3.05) is 18.1 Å². The van der Waals surface area contributed by atoms with Crippen LogP contribution in [0.2, 0.25) is 0 Å². The number of hydrogen-bond donors (Lipinski definition) is 0. The van der Waals surface area contributed by atoms with Crippen molar-refractivity contribution in [1.82, 2.24) is 4.31 Å². The van der Waals surface area contributed by atoms with E-state index >= 15 is 0 Å². The number of benzene rings is 1. The molecule has 1 fully saturated rings. The molecule has 0 amide bonds. The largest absolute Gasteiger partial charge is 0.229 e. The zero-order chi connectivity index (χ0) is 14.8. The van der Waals surface area contributed by atoms with Gasteiger partial charge in [0, 0.05) is 13.1 Å². The predicted molar refractivity (Wildman–Crippen MR) is 78.5 cm³/mol. The number of nitrogens with zero attached hydrogens (tertiary/aromatic N) is 1. The molecule has 2 rings (SSSR count). The molecule has 1 aromatic rings. The van der Waals surface area contributed by atoms with Crippen molar-refractivity contribution in [3.63, 3.8) is 0 Å². The second-order valence-electron chi connectivity index (χ2n) is 4.98. The second kappa shape index (κ2) is 5.83. The average molecular weight is 317 g/mol. The van der Waals surface area contributed by atoms with E-state index in [1.807, 2.05) is 30.3 Å². The Hall–Kier alpha value is -0.920. The third kappa shape index (κ3) is 3.39. The summed E-state index contributed by atoms with van der Waals surface area (Å²) < 4.78 is 49.4. The molecule has 1 aromatic carbocycles. The van der Waals surface area contributed by atoms with Gasteiger partial charge in [-0.3, -0.25) is 0 Å². The maximum Gasteiger partial charge on any atom is 0.218 e. The summed E-state index contributed by atoms with van der Waals surface area (Å²) in [6, 6.07) is 9.32. The van der Waals surface area contributed by atoms with Crippen LogP contribution < -0.4 is 0 Å². The Balaban J connectivity index is 2.18. The minimum Gasteiger partial charge on any atom is -0.229 e. The lowest BCUT2D eigenvalue weighted by molar-refractivity contribution is 0.416. The Morgan fingerprint density at radius 2 is 1.90 bits per heavy atom. The molecule has 0 aromatic heterocycles. The van der Waals surface area contributed by atoms with Gasteiger partial charge in [0.15, 0.2) is 9.84 Å². The Bertz CT molecular complexity index is 653. The van der Waals surface area contributed by atoms with E-state index in [4.69, 9.17) is 0 Å². The molecule has 0 aliphatic carbocycles. The van der Waals surface area contributed by atoms with Crippen LogP contribution in [-0.4, -0.2) is 44.4 Å². The summed E-state index contributed by atoms with van der Waals surface area (Å²) in [7, 11) is -6.76. The number of hydrogen-bond acceptors (Lipinski definition) is 4. The van der Waals surface area contributed by atoms with E-state index in [1.165, 1.54) is 4.31 Å². The van der Waals surface area contributed by atoms with Gasteiger partial charge in [-0.05, 0) is 12.0 Å². The highest BCUT2D eigenvalue weighted by molar-refractivity contribution is 7.95. The van der Waals surface area contributed by atoms with Crippen LogP contribution in [0.25, 0.3) is 0 Å². The molecule has 0 unspecified atom stereocenters. The molecule has 1 atom stereocenters. The molecule has 0 N–H and O–H groups in total. The van der Waals surface area contributed by atoms with Gasteiger partial charge >= 0.3 is 0 Å². The van der Waals surface area contributed by atoms with Gasteiger partial charge in [-0.25, -0.2) is 16.8 Å². The summed E-state index contributed by atoms with van der Waals surface area (Å²) in [4.78, 5) is 0. The van der Waals surface area contributed by atoms with Crippen molar-refractivity contribution in [2.45, 2.75) is 25.1 Å². The topological polar surface area (TPSA) is 71.5 Å². The highest BCUT2D eigenvalue weighted by Gasteiger charge is 2.39. The van der Waals surface area contributed by atoms with Crippen LogP contribution in [0.5, 0.6) is 0 Å².